The van der Waals surface area contributed by atoms with Crippen molar-refractivity contribution in [1.29, 1.82) is 0 Å². The average Bonchev–Trinajstić information content (AvgIpc) is 2.79. The fourth-order valence-corrected chi connectivity index (χ4v) is 2.37. The quantitative estimate of drug-likeness (QED) is 0.651. The van der Waals surface area contributed by atoms with Crippen LogP contribution < -0.4 is 5.73 Å². The lowest BCUT2D eigenvalue weighted by atomic mass is 10.2. The zero-order valence-corrected chi connectivity index (χ0v) is 11.3. The number of alkyl halides is 3. The molecule has 1 aromatic heterocycles. The van der Waals surface area contributed by atoms with Gasteiger partial charge in [-0.05, 0) is 30.3 Å². The highest BCUT2D eigenvalue weighted by molar-refractivity contribution is 6.33. The highest BCUT2D eigenvalue weighted by Crippen LogP contribution is 2.34. The van der Waals surface area contributed by atoms with Crippen molar-refractivity contribution >= 4 is 28.3 Å². The number of aromatic amines is 1. The Bertz CT molecular complexity index is 804. The van der Waals surface area contributed by atoms with Crippen molar-refractivity contribution in [3.63, 3.8) is 0 Å². The van der Waals surface area contributed by atoms with Crippen LogP contribution in [0.2, 0.25) is 5.02 Å². The fraction of sp³-hybridized carbons (Fsp3) is 0.0714. The van der Waals surface area contributed by atoms with E-state index in [0.29, 0.717) is 27.6 Å². The maximum Gasteiger partial charge on any atom is 0.416 e. The molecule has 0 spiro atoms. The molecular weight excluding hydrogens is 303 g/mol. The smallest absolute Gasteiger partial charge is 0.398 e. The average molecular weight is 312 g/mol. The number of hydrogen-bond acceptors (Lipinski definition) is 2. The van der Waals surface area contributed by atoms with E-state index in [4.69, 9.17) is 17.3 Å². The topological polar surface area (TPSA) is 54.7 Å². The first-order valence-electron chi connectivity index (χ1n) is 5.97. The molecule has 108 valence electrons. The van der Waals surface area contributed by atoms with Crippen molar-refractivity contribution in [3.05, 3.63) is 47.0 Å². The van der Waals surface area contributed by atoms with E-state index >= 15 is 0 Å². The van der Waals surface area contributed by atoms with Gasteiger partial charge in [-0.1, -0.05) is 17.7 Å². The van der Waals surface area contributed by atoms with Crippen LogP contribution in [0.4, 0.5) is 18.9 Å². The summed E-state index contributed by atoms with van der Waals surface area (Å²) in [4.78, 5) is 7.07. The third kappa shape index (κ3) is 2.42. The molecule has 21 heavy (non-hydrogen) atoms. The minimum Gasteiger partial charge on any atom is -0.398 e. The number of benzene rings is 2. The summed E-state index contributed by atoms with van der Waals surface area (Å²) in [7, 11) is 0. The van der Waals surface area contributed by atoms with Gasteiger partial charge in [-0.2, -0.15) is 13.2 Å². The van der Waals surface area contributed by atoms with Gasteiger partial charge in [-0.25, -0.2) is 4.98 Å². The number of nitrogens with two attached hydrogens (primary N) is 1. The lowest BCUT2D eigenvalue weighted by molar-refractivity contribution is -0.137. The number of nitrogens with zero attached hydrogens (tertiary/aromatic N) is 1. The van der Waals surface area contributed by atoms with E-state index in [2.05, 4.69) is 9.97 Å². The molecule has 0 amide bonds. The summed E-state index contributed by atoms with van der Waals surface area (Å²) in [5.74, 6) is 0.340. The molecule has 7 heteroatoms. The fourth-order valence-electron chi connectivity index (χ4n) is 2.09. The highest BCUT2D eigenvalue weighted by atomic mass is 35.5. The van der Waals surface area contributed by atoms with Crippen LogP contribution in [-0.4, -0.2) is 9.97 Å². The van der Waals surface area contributed by atoms with E-state index in [9.17, 15) is 13.2 Å². The van der Waals surface area contributed by atoms with Crippen molar-refractivity contribution in [3.8, 4) is 11.4 Å². The summed E-state index contributed by atoms with van der Waals surface area (Å²) in [5.41, 5.74) is 6.68. The first kappa shape index (κ1) is 13.8. The number of imidazole rings is 1. The van der Waals surface area contributed by atoms with Crippen LogP contribution in [-0.2, 0) is 6.18 Å². The second kappa shape index (κ2) is 4.66. The van der Waals surface area contributed by atoms with Crippen molar-refractivity contribution in [2.75, 3.05) is 5.73 Å². The monoisotopic (exact) mass is 311 g/mol. The predicted octanol–water partition coefficient (Wildman–Crippen LogP) is 4.48. The van der Waals surface area contributed by atoms with Gasteiger partial charge in [0.2, 0.25) is 0 Å². The van der Waals surface area contributed by atoms with E-state index in [0.717, 1.165) is 12.1 Å². The SMILES string of the molecule is Nc1cccc(Cl)c1-c1nc2ccc(C(F)(F)F)cc2[nH]1. The van der Waals surface area contributed by atoms with E-state index in [1.165, 1.54) is 6.07 Å². The van der Waals surface area contributed by atoms with E-state index in [1.807, 2.05) is 0 Å². The highest BCUT2D eigenvalue weighted by Gasteiger charge is 2.30. The van der Waals surface area contributed by atoms with Gasteiger partial charge in [-0.15, -0.1) is 0 Å². The Labute approximate surface area is 122 Å². The standard InChI is InChI=1S/C14H9ClF3N3/c15-8-2-1-3-9(19)12(8)13-20-10-5-4-7(14(16,17)18)6-11(10)21-13/h1-6H,19H2,(H,20,21). The van der Waals surface area contributed by atoms with Crippen LogP contribution in [0.3, 0.4) is 0 Å². The van der Waals surface area contributed by atoms with Crippen LogP contribution >= 0.6 is 11.6 Å². The molecule has 0 saturated heterocycles. The molecule has 0 bridgehead atoms. The molecule has 0 fully saturated rings. The van der Waals surface area contributed by atoms with Crippen LogP contribution in [0.1, 0.15) is 5.56 Å². The molecule has 3 N–H and O–H groups in total. The van der Waals surface area contributed by atoms with Crippen LogP contribution in [0.5, 0.6) is 0 Å². The summed E-state index contributed by atoms with van der Waals surface area (Å²) < 4.78 is 38.1. The number of aromatic nitrogens is 2. The molecule has 1 heterocycles. The van der Waals surface area contributed by atoms with Crippen LogP contribution in [0.15, 0.2) is 36.4 Å². The molecule has 0 atom stereocenters. The maximum absolute atomic E-state index is 12.7. The zero-order chi connectivity index (χ0) is 15.2. The van der Waals surface area contributed by atoms with Gasteiger partial charge in [0.05, 0.1) is 27.2 Å². The molecule has 0 aliphatic rings. The summed E-state index contributed by atoms with van der Waals surface area (Å²) in [6.45, 7) is 0. The molecule has 0 aliphatic carbocycles. The summed E-state index contributed by atoms with van der Waals surface area (Å²) in [6.07, 6.45) is -4.40. The van der Waals surface area contributed by atoms with E-state index in [1.54, 1.807) is 18.2 Å². The van der Waals surface area contributed by atoms with Crippen LogP contribution in [0.25, 0.3) is 22.4 Å². The molecule has 0 aliphatic heterocycles. The minimum atomic E-state index is -4.40. The summed E-state index contributed by atoms with van der Waals surface area (Å²) in [5, 5.41) is 0.380. The van der Waals surface area contributed by atoms with Gasteiger partial charge in [-0.3, -0.25) is 0 Å². The van der Waals surface area contributed by atoms with Gasteiger partial charge in [0.15, 0.2) is 0 Å². The number of halogens is 4. The second-order valence-electron chi connectivity index (χ2n) is 4.52. The Kier molecular flexibility index (Phi) is 3.06. The van der Waals surface area contributed by atoms with Crippen molar-refractivity contribution in [2.24, 2.45) is 0 Å². The van der Waals surface area contributed by atoms with Gasteiger partial charge in [0.25, 0.3) is 0 Å². The molecule has 0 unspecified atom stereocenters. The molecular formula is C14H9ClF3N3. The van der Waals surface area contributed by atoms with Gasteiger partial charge in [0.1, 0.15) is 5.82 Å². The Morgan fingerprint density at radius 2 is 1.90 bits per heavy atom. The van der Waals surface area contributed by atoms with Gasteiger partial charge >= 0.3 is 6.18 Å². The van der Waals surface area contributed by atoms with Crippen molar-refractivity contribution in [1.82, 2.24) is 9.97 Å². The molecule has 2 aromatic carbocycles. The largest absolute Gasteiger partial charge is 0.416 e. The Morgan fingerprint density at radius 3 is 2.57 bits per heavy atom. The normalized spacial score (nSPS) is 12.0. The van der Waals surface area contributed by atoms with Gasteiger partial charge in [0, 0.05) is 5.69 Å². The number of fused-ring (bicyclic) bond motifs is 1. The lowest BCUT2D eigenvalue weighted by Crippen LogP contribution is -2.04. The number of hydrogen-bond donors (Lipinski definition) is 2. The molecule has 0 saturated carbocycles. The second-order valence-corrected chi connectivity index (χ2v) is 4.93. The number of H-pyrrole nitrogens is 1. The molecule has 3 aromatic rings. The van der Waals surface area contributed by atoms with E-state index in [-0.39, 0.29) is 5.52 Å². The zero-order valence-electron chi connectivity index (χ0n) is 10.5. The number of rotatable bonds is 1. The first-order chi connectivity index (χ1) is 9.86. The van der Waals surface area contributed by atoms with Gasteiger partial charge < -0.3 is 10.7 Å². The molecule has 0 radical (unpaired) electrons. The first-order valence-corrected chi connectivity index (χ1v) is 6.35. The minimum absolute atomic E-state index is 0.277. The Morgan fingerprint density at radius 1 is 1.14 bits per heavy atom. The Hall–Kier alpha value is -2.21. The number of nitrogen functional groups attached to an aromatic ring is 1. The van der Waals surface area contributed by atoms with E-state index < -0.39 is 11.7 Å². The Balaban J connectivity index is 2.18. The molecule has 3 rings (SSSR count). The van der Waals surface area contributed by atoms with Crippen LogP contribution in [0, 0.1) is 0 Å². The maximum atomic E-state index is 12.7. The number of anilines is 1. The van der Waals surface area contributed by atoms with Crippen molar-refractivity contribution < 1.29 is 13.2 Å². The lowest BCUT2D eigenvalue weighted by Gasteiger charge is -2.05. The third-order valence-electron chi connectivity index (χ3n) is 3.09. The summed E-state index contributed by atoms with van der Waals surface area (Å²) >= 11 is 6.08. The van der Waals surface area contributed by atoms with Crippen molar-refractivity contribution in [2.45, 2.75) is 6.18 Å². The molecule has 3 nitrogen and oxygen atoms in total. The third-order valence-corrected chi connectivity index (χ3v) is 3.41. The summed E-state index contributed by atoms with van der Waals surface area (Å²) in [6, 6.07) is 8.29. The predicted molar refractivity (Wildman–Crippen MR) is 76.0 cm³/mol. The number of nitrogens with one attached hydrogen (secondary N) is 1.